The molecule has 0 spiro atoms. The second-order valence-corrected chi connectivity index (χ2v) is 5.82. The molecule has 1 saturated heterocycles. The lowest BCUT2D eigenvalue weighted by Crippen LogP contribution is -2.57. The minimum absolute atomic E-state index is 0.219. The number of aliphatic hydroxyl groups excluding tert-OH is 2. The Kier molecular flexibility index (Phi) is 7.74. The van der Waals surface area contributed by atoms with Gasteiger partial charge in [-0.1, -0.05) is 0 Å². The molecular weight excluding hydrogens is 336 g/mol. The molecular formula is C14H24N4O7. The predicted octanol–water partition coefficient (Wildman–Crippen LogP) is -3.64. The van der Waals surface area contributed by atoms with Crippen molar-refractivity contribution in [3.05, 3.63) is 0 Å². The van der Waals surface area contributed by atoms with Crippen LogP contribution in [0.1, 0.15) is 19.8 Å². The highest BCUT2D eigenvalue weighted by atomic mass is 16.4. The van der Waals surface area contributed by atoms with Crippen molar-refractivity contribution in [2.75, 3.05) is 19.7 Å². The zero-order valence-corrected chi connectivity index (χ0v) is 13.8. The number of rotatable bonds is 8. The van der Waals surface area contributed by atoms with Crippen LogP contribution >= 0.6 is 0 Å². The summed E-state index contributed by atoms with van der Waals surface area (Å²) < 4.78 is 0. The van der Waals surface area contributed by atoms with E-state index in [1.165, 1.54) is 6.92 Å². The van der Waals surface area contributed by atoms with Crippen LogP contribution in [0.4, 0.5) is 0 Å². The Morgan fingerprint density at radius 2 is 1.96 bits per heavy atom. The molecule has 11 heteroatoms. The molecule has 0 saturated carbocycles. The quantitative estimate of drug-likeness (QED) is 0.256. The highest BCUT2D eigenvalue weighted by Gasteiger charge is 2.39. The molecule has 1 heterocycles. The van der Waals surface area contributed by atoms with E-state index in [0.29, 0.717) is 12.8 Å². The van der Waals surface area contributed by atoms with Gasteiger partial charge in [0.15, 0.2) is 0 Å². The summed E-state index contributed by atoms with van der Waals surface area (Å²) in [7, 11) is 0. The third kappa shape index (κ3) is 5.66. The Hall–Kier alpha value is -2.24. The fourth-order valence-corrected chi connectivity index (χ4v) is 2.46. The number of hydrogen-bond donors (Lipinski definition) is 6. The molecule has 1 aliphatic heterocycles. The molecule has 3 amide bonds. The lowest BCUT2D eigenvalue weighted by molar-refractivity contribution is -0.150. The highest BCUT2D eigenvalue weighted by Crippen LogP contribution is 2.19. The first-order valence-corrected chi connectivity index (χ1v) is 7.83. The number of amides is 3. The van der Waals surface area contributed by atoms with Crippen LogP contribution in [-0.4, -0.2) is 87.8 Å². The van der Waals surface area contributed by atoms with Crippen LogP contribution in [0.25, 0.3) is 0 Å². The van der Waals surface area contributed by atoms with Crippen LogP contribution in [0.15, 0.2) is 0 Å². The van der Waals surface area contributed by atoms with E-state index in [9.17, 15) is 24.3 Å². The molecule has 4 atom stereocenters. The van der Waals surface area contributed by atoms with Gasteiger partial charge in [-0.2, -0.15) is 0 Å². The fourth-order valence-electron chi connectivity index (χ4n) is 2.46. The Morgan fingerprint density at radius 3 is 2.48 bits per heavy atom. The third-order valence-corrected chi connectivity index (χ3v) is 3.84. The van der Waals surface area contributed by atoms with E-state index in [4.69, 9.17) is 15.9 Å². The van der Waals surface area contributed by atoms with Crippen molar-refractivity contribution in [2.24, 2.45) is 5.73 Å². The van der Waals surface area contributed by atoms with Crippen LogP contribution < -0.4 is 16.4 Å². The number of hydrogen-bond acceptors (Lipinski definition) is 7. The molecule has 0 aliphatic carbocycles. The number of aliphatic carboxylic acids is 1. The first kappa shape index (κ1) is 20.8. The van der Waals surface area contributed by atoms with Gasteiger partial charge in [0.25, 0.3) is 0 Å². The molecule has 1 aliphatic rings. The Bertz CT molecular complexity index is 525. The zero-order chi connectivity index (χ0) is 19.1. The van der Waals surface area contributed by atoms with Crippen molar-refractivity contribution in [1.82, 2.24) is 15.5 Å². The lowest BCUT2D eigenvalue weighted by atomic mass is 10.1. The van der Waals surface area contributed by atoms with Gasteiger partial charge in [0.2, 0.25) is 17.7 Å². The van der Waals surface area contributed by atoms with E-state index in [-0.39, 0.29) is 6.54 Å². The van der Waals surface area contributed by atoms with Crippen LogP contribution in [0.3, 0.4) is 0 Å². The maximum atomic E-state index is 12.5. The van der Waals surface area contributed by atoms with Gasteiger partial charge in [-0.3, -0.25) is 14.4 Å². The van der Waals surface area contributed by atoms with Crippen LogP contribution in [0, 0.1) is 0 Å². The van der Waals surface area contributed by atoms with Crippen LogP contribution in [0.5, 0.6) is 0 Å². The summed E-state index contributed by atoms with van der Waals surface area (Å²) in [6.07, 6.45) is -0.448. The zero-order valence-electron chi connectivity index (χ0n) is 13.8. The summed E-state index contributed by atoms with van der Waals surface area (Å²) in [6.45, 7) is 0.408. The molecule has 25 heavy (non-hydrogen) atoms. The van der Waals surface area contributed by atoms with Gasteiger partial charge in [0.1, 0.15) is 18.1 Å². The van der Waals surface area contributed by atoms with E-state index in [0.717, 1.165) is 4.90 Å². The van der Waals surface area contributed by atoms with Crippen molar-refractivity contribution in [3.8, 4) is 0 Å². The van der Waals surface area contributed by atoms with E-state index in [1.54, 1.807) is 0 Å². The molecule has 142 valence electrons. The Balaban J connectivity index is 2.67. The molecule has 0 bridgehead atoms. The number of nitrogens with zero attached hydrogens (tertiary/aromatic N) is 1. The summed E-state index contributed by atoms with van der Waals surface area (Å²) >= 11 is 0. The number of likely N-dealkylation sites (tertiary alicyclic amines) is 1. The number of carboxylic acid groups (broad SMARTS) is 1. The molecule has 0 aromatic heterocycles. The topological polar surface area (TPSA) is 182 Å². The minimum atomic E-state index is -1.34. The van der Waals surface area contributed by atoms with Gasteiger partial charge >= 0.3 is 5.97 Å². The van der Waals surface area contributed by atoms with Gasteiger partial charge in [0, 0.05) is 6.54 Å². The first-order chi connectivity index (χ1) is 11.7. The van der Waals surface area contributed by atoms with Crippen LogP contribution in [0.2, 0.25) is 0 Å². The summed E-state index contributed by atoms with van der Waals surface area (Å²) in [5, 5.41) is 32.1. The number of carbonyl (C=O) groups is 4. The molecule has 1 fully saturated rings. The van der Waals surface area contributed by atoms with Gasteiger partial charge in [-0.15, -0.1) is 0 Å². The molecule has 0 aromatic rings. The highest BCUT2D eigenvalue weighted by molar-refractivity contribution is 5.93. The minimum Gasteiger partial charge on any atom is -0.480 e. The molecule has 7 N–H and O–H groups in total. The Morgan fingerprint density at radius 1 is 1.32 bits per heavy atom. The molecule has 0 radical (unpaired) electrons. The maximum Gasteiger partial charge on any atom is 0.326 e. The summed E-state index contributed by atoms with van der Waals surface area (Å²) in [6, 6.07) is -3.51. The van der Waals surface area contributed by atoms with Gasteiger partial charge < -0.3 is 36.6 Å². The van der Waals surface area contributed by atoms with Crippen LogP contribution in [-0.2, 0) is 19.2 Å². The molecule has 0 aromatic carbocycles. The van der Waals surface area contributed by atoms with E-state index >= 15 is 0 Å². The standard InChI is InChI=1S/C14H24N4O7/c1-7(20)11(13(23)18-4-2-3-9(18)14(24)25)17-10(21)5-16-12(22)8(15)6-19/h7-9,11,19-20H,2-6,15H2,1H3,(H,16,22)(H,17,21)(H,24,25). The monoisotopic (exact) mass is 360 g/mol. The number of nitrogens with two attached hydrogens (primary N) is 1. The summed E-state index contributed by atoms with van der Waals surface area (Å²) in [4.78, 5) is 48.0. The van der Waals surface area contributed by atoms with Gasteiger partial charge in [-0.05, 0) is 19.8 Å². The summed E-state index contributed by atoms with van der Waals surface area (Å²) in [5.74, 6) is -3.36. The smallest absolute Gasteiger partial charge is 0.326 e. The maximum absolute atomic E-state index is 12.5. The normalized spacial score (nSPS) is 20.5. The fraction of sp³-hybridized carbons (Fsp3) is 0.714. The van der Waals surface area contributed by atoms with Gasteiger partial charge in [0.05, 0.1) is 19.3 Å². The van der Waals surface area contributed by atoms with Crippen molar-refractivity contribution >= 4 is 23.7 Å². The molecule has 11 nitrogen and oxygen atoms in total. The van der Waals surface area contributed by atoms with Crippen molar-refractivity contribution in [3.63, 3.8) is 0 Å². The second kappa shape index (κ2) is 9.30. The third-order valence-electron chi connectivity index (χ3n) is 3.84. The summed E-state index contributed by atoms with van der Waals surface area (Å²) in [5.41, 5.74) is 5.28. The van der Waals surface area contributed by atoms with Crippen molar-refractivity contribution in [1.29, 1.82) is 0 Å². The van der Waals surface area contributed by atoms with Crippen molar-refractivity contribution in [2.45, 2.75) is 44.0 Å². The number of nitrogens with one attached hydrogen (secondary N) is 2. The number of carbonyl (C=O) groups excluding carboxylic acids is 3. The second-order valence-electron chi connectivity index (χ2n) is 5.82. The number of carboxylic acids is 1. The molecule has 1 rings (SSSR count). The van der Waals surface area contributed by atoms with Gasteiger partial charge in [-0.25, -0.2) is 4.79 Å². The largest absolute Gasteiger partial charge is 0.480 e. The lowest BCUT2D eigenvalue weighted by Gasteiger charge is -2.28. The Labute approximate surface area is 144 Å². The average Bonchev–Trinajstić information content (AvgIpc) is 3.05. The number of aliphatic hydroxyl groups is 2. The van der Waals surface area contributed by atoms with E-state index in [1.807, 2.05) is 0 Å². The predicted molar refractivity (Wildman–Crippen MR) is 84.1 cm³/mol. The first-order valence-electron chi connectivity index (χ1n) is 7.83. The van der Waals surface area contributed by atoms with E-state index < -0.39 is 61.1 Å². The average molecular weight is 360 g/mol. The SMILES string of the molecule is CC(O)C(NC(=O)CNC(=O)C(N)CO)C(=O)N1CCCC1C(=O)O. The van der Waals surface area contributed by atoms with E-state index in [2.05, 4.69) is 10.6 Å². The molecule has 4 unspecified atom stereocenters. The van der Waals surface area contributed by atoms with Crippen molar-refractivity contribution < 1.29 is 34.5 Å².